The molecule has 1 atom stereocenters. The lowest BCUT2D eigenvalue weighted by atomic mass is 9.92. The summed E-state index contributed by atoms with van der Waals surface area (Å²) in [4.78, 5) is 47.4. The summed E-state index contributed by atoms with van der Waals surface area (Å²) in [6.45, 7) is 9.69. The van der Waals surface area contributed by atoms with Crippen LogP contribution < -0.4 is 0 Å². The van der Waals surface area contributed by atoms with Crippen LogP contribution in [-0.2, 0) is 16.0 Å². The van der Waals surface area contributed by atoms with E-state index >= 15 is 0 Å². The van der Waals surface area contributed by atoms with Gasteiger partial charge in [-0.05, 0) is 23.6 Å². The minimum atomic E-state index is -0.584. The maximum Gasteiger partial charge on any atom is 0.327 e. The van der Waals surface area contributed by atoms with Gasteiger partial charge in [-0.25, -0.2) is 4.79 Å². The van der Waals surface area contributed by atoms with Crippen LogP contribution >= 0.6 is 0 Å². The van der Waals surface area contributed by atoms with E-state index in [4.69, 9.17) is 0 Å². The average molecular weight is 372 g/mol. The summed E-state index contributed by atoms with van der Waals surface area (Å²) >= 11 is 0. The Morgan fingerprint density at radius 1 is 1.22 bits per heavy atom. The lowest BCUT2D eigenvalue weighted by molar-refractivity contribution is -0.133. The molecule has 0 spiro atoms. The van der Waals surface area contributed by atoms with Crippen LogP contribution in [0.2, 0.25) is 0 Å². The van der Waals surface area contributed by atoms with Crippen LogP contribution in [0.3, 0.4) is 0 Å². The molecule has 0 aliphatic carbocycles. The molecule has 2 aliphatic heterocycles. The van der Waals surface area contributed by atoms with Crippen LogP contribution in [-0.4, -0.2) is 69.8 Å². The Hall–Kier alpha value is -2.44. The third kappa shape index (κ3) is 4.12. The van der Waals surface area contributed by atoms with Crippen molar-refractivity contribution in [3.8, 4) is 0 Å². The Morgan fingerprint density at radius 2 is 1.89 bits per heavy atom. The normalized spacial score (nSPS) is 22.3. The molecule has 7 heteroatoms. The van der Waals surface area contributed by atoms with Gasteiger partial charge in [-0.15, -0.1) is 0 Å². The van der Waals surface area contributed by atoms with Crippen molar-refractivity contribution in [2.24, 2.45) is 11.3 Å². The van der Waals surface area contributed by atoms with Gasteiger partial charge in [0.2, 0.25) is 5.91 Å². The summed E-state index contributed by atoms with van der Waals surface area (Å²) < 4.78 is 0. The number of rotatable bonds is 4. The molecule has 1 unspecified atom stereocenters. The van der Waals surface area contributed by atoms with Gasteiger partial charge in [0.1, 0.15) is 6.04 Å². The van der Waals surface area contributed by atoms with Gasteiger partial charge in [0.25, 0.3) is 5.91 Å². The maximum absolute atomic E-state index is 12.9. The van der Waals surface area contributed by atoms with E-state index < -0.39 is 6.04 Å². The van der Waals surface area contributed by atoms with E-state index in [1.165, 1.54) is 4.90 Å². The molecule has 3 heterocycles. The van der Waals surface area contributed by atoms with Crippen molar-refractivity contribution < 1.29 is 14.4 Å². The van der Waals surface area contributed by atoms with Crippen LogP contribution in [0.15, 0.2) is 24.5 Å². The van der Waals surface area contributed by atoms with Crippen molar-refractivity contribution in [3.63, 3.8) is 0 Å². The van der Waals surface area contributed by atoms with Gasteiger partial charge in [0.05, 0.1) is 13.0 Å². The molecule has 0 aromatic carbocycles. The topological polar surface area (TPSA) is 73.8 Å². The van der Waals surface area contributed by atoms with Gasteiger partial charge in [-0.2, -0.15) is 0 Å². The number of hydrogen-bond acceptors (Lipinski definition) is 4. The van der Waals surface area contributed by atoms with Crippen molar-refractivity contribution in [1.29, 1.82) is 0 Å². The first kappa shape index (κ1) is 19.3. The lowest BCUT2D eigenvalue weighted by Gasteiger charge is -2.31. The molecule has 27 heavy (non-hydrogen) atoms. The second-order valence-corrected chi connectivity index (χ2v) is 8.74. The van der Waals surface area contributed by atoms with Crippen molar-refractivity contribution in [3.05, 3.63) is 30.1 Å². The Balaban J connectivity index is 1.81. The van der Waals surface area contributed by atoms with E-state index in [1.807, 2.05) is 39.8 Å². The third-order valence-electron chi connectivity index (χ3n) is 5.02. The molecule has 4 amide bonds. The predicted molar refractivity (Wildman–Crippen MR) is 101 cm³/mol. The summed E-state index contributed by atoms with van der Waals surface area (Å²) in [6.07, 6.45) is 3.60. The largest absolute Gasteiger partial charge is 0.339 e. The van der Waals surface area contributed by atoms with E-state index in [2.05, 4.69) is 4.98 Å². The van der Waals surface area contributed by atoms with Gasteiger partial charge in [-0.1, -0.05) is 27.7 Å². The summed E-state index contributed by atoms with van der Waals surface area (Å²) in [5.41, 5.74) is 0.607. The molecular formula is C20H28N4O3. The smallest absolute Gasteiger partial charge is 0.327 e. The van der Waals surface area contributed by atoms with E-state index in [-0.39, 0.29) is 42.1 Å². The van der Waals surface area contributed by atoms with E-state index in [0.29, 0.717) is 19.6 Å². The van der Waals surface area contributed by atoms with Gasteiger partial charge in [0.15, 0.2) is 0 Å². The van der Waals surface area contributed by atoms with Crippen molar-refractivity contribution in [2.75, 3.05) is 26.2 Å². The van der Waals surface area contributed by atoms with Crippen LogP contribution in [0.5, 0.6) is 0 Å². The zero-order valence-corrected chi connectivity index (χ0v) is 16.5. The molecule has 7 nitrogen and oxygen atoms in total. The summed E-state index contributed by atoms with van der Waals surface area (Å²) in [5.74, 6) is -0.00864. The molecule has 0 N–H and O–H groups in total. The van der Waals surface area contributed by atoms with Gasteiger partial charge >= 0.3 is 6.03 Å². The maximum atomic E-state index is 12.9. The van der Waals surface area contributed by atoms with Gasteiger partial charge < -0.3 is 9.80 Å². The monoisotopic (exact) mass is 372 g/mol. The molecule has 2 aliphatic rings. The number of carbonyl (C=O) groups excluding carboxylic acids is 3. The zero-order valence-electron chi connectivity index (χ0n) is 16.5. The summed E-state index contributed by atoms with van der Waals surface area (Å²) in [7, 11) is 0. The summed E-state index contributed by atoms with van der Waals surface area (Å²) in [5, 5.41) is 0. The van der Waals surface area contributed by atoms with Crippen LogP contribution in [0.4, 0.5) is 4.79 Å². The number of aromatic nitrogens is 1. The lowest BCUT2D eigenvalue weighted by Crippen LogP contribution is -2.44. The molecule has 146 valence electrons. The Bertz CT molecular complexity index is 732. The third-order valence-corrected chi connectivity index (χ3v) is 5.02. The molecule has 2 fully saturated rings. The first-order chi connectivity index (χ1) is 12.7. The molecule has 0 saturated carbocycles. The van der Waals surface area contributed by atoms with Gasteiger partial charge in [-0.3, -0.25) is 19.5 Å². The molecular weight excluding hydrogens is 344 g/mol. The first-order valence-electron chi connectivity index (χ1n) is 9.46. The highest BCUT2D eigenvalue weighted by Gasteiger charge is 2.50. The predicted octanol–water partition coefficient (Wildman–Crippen LogP) is 1.78. The first-order valence-corrected chi connectivity index (χ1v) is 9.46. The minimum absolute atomic E-state index is 0.0290. The van der Waals surface area contributed by atoms with Crippen LogP contribution in [0.25, 0.3) is 0 Å². The molecule has 1 aromatic heterocycles. The second kappa shape index (κ2) is 7.29. The molecule has 0 radical (unpaired) electrons. The Kier molecular flexibility index (Phi) is 5.22. The Labute approximate surface area is 160 Å². The molecule has 3 rings (SSSR count). The standard InChI is InChI=1S/C20H28N4O3/c1-14(2)10-23-18(26)16-11-22(12-20(3,4)13-24(16)19(23)27)17(25)9-15-5-7-21-8-6-15/h5-8,14,16H,9-13H2,1-4H3. The van der Waals surface area contributed by atoms with Crippen LogP contribution in [0.1, 0.15) is 33.3 Å². The number of fused-ring (bicyclic) bond motifs is 1. The minimum Gasteiger partial charge on any atom is -0.339 e. The molecule has 0 bridgehead atoms. The number of hydrogen-bond donors (Lipinski definition) is 0. The van der Waals surface area contributed by atoms with Crippen molar-refractivity contribution in [2.45, 2.75) is 40.2 Å². The highest BCUT2D eigenvalue weighted by molar-refractivity contribution is 6.04. The fraction of sp³-hybridized carbons (Fsp3) is 0.600. The zero-order chi connectivity index (χ0) is 19.8. The highest BCUT2D eigenvalue weighted by Crippen LogP contribution is 2.30. The Morgan fingerprint density at radius 3 is 2.52 bits per heavy atom. The van der Waals surface area contributed by atoms with Crippen molar-refractivity contribution in [1.82, 2.24) is 19.7 Å². The van der Waals surface area contributed by atoms with E-state index in [0.717, 1.165) is 5.56 Å². The van der Waals surface area contributed by atoms with E-state index in [1.54, 1.807) is 22.2 Å². The fourth-order valence-electron chi connectivity index (χ4n) is 3.86. The fourth-order valence-corrected chi connectivity index (χ4v) is 3.86. The number of urea groups is 1. The quantitative estimate of drug-likeness (QED) is 0.755. The number of carbonyl (C=O) groups is 3. The van der Waals surface area contributed by atoms with Gasteiger partial charge in [0, 0.05) is 37.4 Å². The number of pyridine rings is 1. The number of amides is 4. The van der Waals surface area contributed by atoms with E-state index in [9.17, 15) is 14.4 Å². The molecule has 2 saturated heterocycles. The average Bonchev–Trinajstić information content (AvgIpc) is 2.73. The number of nitrogens with zero attached hydrogens (tertiary/aromatic N) is 4. The van der Waals surface area contributed by atoms with Crippen molar-refractivity contribution >= 4 is 17.8 Å². The second-order valence-electron chi connectivity index (χ2n) is 8.74. The highest BCUT2D eigenvalue weighted by atomic mass is 16.2. The summed E-state index contributed by atoms with van der Waals surface area (Å²) in [6, 6.07) is 2.83. The SMILES string of the molecule is CC(C)CN1C(=O)C2CN(C(=O)Cc3ccncc3)CC(C)(C)CN2C1=O. The van der Waals surface area contributed by atoms with Crippen LogP contribution in [0, 0.1) is 11.3 Å². The molecule has 1 aromatic rings. The number of imide groups is 1.